The molecule has 1 unspecified atom stereocenters. The number of carbonyl (C=O) groups is 1. The summed E-state index contributed by atoms with van der Waals surface area (Å²) < 4.78 is 0. The molecule has 1 aromatic rings. The summed E-state index contributed by atoms with van der Waals surface area (Å²) in [5.74, 6) is -0.293. The summed E-state index contributed by atoms with van der Waals surface area (Å²) in [6, 6.07) is 9.89. The van der Waals surface area contributed by atoms with E-state index in [1.54, 1.807) is 6.08 Å². The van der Waals surface area contributed by atoms with Crippen LogP contribution in [0, 0.1) is 0 Å². The van der Waals surface area contributed by atoms with Crippen LogP contribution in [-0.4, -0.2) is 23.2 Å². The van der Waals surface area contributed by atoms with Crippen LogP contribution < -0.4 is 5.32 Å². The van der Waals surface area contributed by atoms with E-state index in [0.717, 1.165) is 18.4 Å². The van der Waals surface area contributed by atoms with Crippen molar-refractivity contribution in [2.75, 3.05) is 0 Å². The molecule has 0 bridgehead atoms. The summed E-state index contributed by atoms with van der Waals surface area (Å²) in [7, 11) is 0. The minimum Gasteiger partial charge on any atom is -0.379 e. The maximum Gasteiger partial charge on any atom is 0.253 e. The molecule has 2 N–H and O–H groups in total. The lowest BCUT2D eigenvalue weighted by Crippen LogP contribution is -2.41. The highest BCUT2D eigenvalue weighted by Gasteiger charge is 2.18. The van der Waals surface area contributed by atoms with Crippen molar-refractivity contribution in [1.82, 2.24) is 5.32 Å². The van der Waals surface area contributed by atoms with Gasteiger partial charge in [-0.2, -0.15) is 0 Å². The molecule has 102 valence electrons. The number of amides is 1. The quantitative estimate of drug-likeness (QED) is 0.873. The molecular formula is C16H21NO2. The topological polar surface area (TPSA) is 49.3 Å². The highest BCUT2D eigenvalue weighted by atomic mass is 16.3. The second-order valence-electron chi connectivity index (χ2n) is 5.06. The molecular weight excluding hydrogens is 238 g/mol. The van der Waals surface area contributed by atoms with Crippen molar-refractivity contribution in [2.24, 2.45) is 0 Å². The Morgan fingerprint density at radius 1 is 1.21 bits per heavy atom. The first-order chi connectivity index (χ1) is 9.25. The molecule has 0 heterocycles. The maximum atomic E-state index is 11.8. The maximum absolute atomic E-state index is 11.8. The summed E-state index contributed by atoms with van der Waals surface area (Å²) in [5.41, 5.74) is 0.979. The number of aliphatic hydroxyl groups is 1. The average Bonchev–Trinajstić information content (AvgIpc) is 2.47. The van der Waals surface area contributed by atoms with E-state index in [1.807, 2.05) is 30.3 Å². The summed E-state index contributed by atoms with van der Waals surface area (Å²) in [6.07, 6.45) is 7.88. The van der Waals surface area contributed by atoms with Gasteiger partial charge in [0.2, 0.25) is 0 Å². The van der Waals surface area contributed by atoms with Crippen LogP contribution in [0.25, 0.3) is 6.08 Å². The predicted octanol–water partition coefficient (Wildman–Crippen LogP) is 2.51. The van der Waals surface area contributed by atoms with Gasteiger partial charge in [0.25, 0.3) is 5.91 Å². The standard InChI is InChI=1S/C16H21NO2/c18-15(12-11-13-7-3-1-4-8-13)16(19)17-14-9-5-2-6-10-14/h1,3-4,7-8,11-12,14-15,18H,2,5-6,9-10H2,(H,17,19)/b12-11+. The minimum absolute atomic E-state index is 0.237. The largest absolute Gasteiger partial charge is 0.379 e. The molecule has 1 aromatic carbocycles. The Hall–Kier alpha value is -1.61. The first kappa shape index (κ1) is 13.8. The van der Waals surface area contributed by atoms with Gasteiger partial charge in [0, 0.05) is 6.04 Å². The lowest BCUT2D eigenvalue weighted by Gasteiger charge is -2.23. The van der Waals surface area contributed by atoms with Crippen molar-refractivity contribution >= 4 is 12.0 Å². The molecule has 0 aliphatic heterocycles. The average molecular weight is 259 g/mol. The molecule has 1 atom stereocenters. The Kier molecular flexibility index (Phi) is 5.16. The number of carbonyl (C=O) groups excluding carboxylic acids is 1. The van der Waals surface area contributed by atoms with Crippen molar-refractivity contribution < 1.29 is 9.90 Å². The normalized spacial score (nSPS) is 18.4. The molecule has 3 nitrogen and oxygen atoms in total. The number of benzene rings is 1. The third-order valence-corrected chi connectivity index (χ3v) is 3.49. The molecule has 1 aliphatic rings. The summed E-state index contributed by atoms with van der Waals surface area (Å²) in [6.45, 7) is 0. The summed E-state index contributed by atoms with van der Waals surface area (Å²) >= 11 is 0. The van der Waals surface area contributed by atoms with E-state index in [2.05, 4.69) is 5.32 Å². The Morgan fingerprint density at radius 2 is 1.89 bits per heavy atom. The predicted molar refractivity (Wildman–Crippen MR) is 76.5 cm³/mol. The van der Waals surface area contributed by atoms with Crippen LogP contribution in [-0.2, 0) is 4.79 Å². The van der Waals surface area contributed by atoms with Gasteiger partial charge in [-0.1, -0.05) is 55.7 Å². The molecule has 0 saturated heterocycles. The van der Waals surface area contributed by atoms with Crippen molar-refractivity contribution in [3.8, 4) is 0 Å². The zero-order valence-electron chi connectivity index (χ0n) is 11.1. The van der Waals surface area contributed by atoms with Crippen LogP contribution in [0.2, 0.25) is 0 Å². The Bertz CT molecular complexity index is 422. The second-order valence-corrected chi connectivity index (χ2v) is 5.06. The first-order valence-electron chi connectivity index (χ1n) is 6.97. The van der Waals surface area contributed by atoms with Crippen molar-refractivity contribution in [3.05, 3.63) is 42.0 Å². The number of hydrogen-bond donors (Lipinski definition) is 2. The van der Waals surface area contributed by atoms with E-state index in [4.69, 9.17) is 0 Å². The van der Waals surface area contributed by atoms with Crippen LogP contribution in [0.4, 0.5) is 0 Å². The lowest BCUT2D eigenvalue weighted by molar-refractivity contribution is -0.128. The van der Waals surface area contributed by atoms with E-state index >= 15 is 0 Å². The minimum atomic E-state index is -1.07. The van der Waals surface area contributed by atoms with E-state index in [0.29, 0.717) is 0 Å². The lowest BCUT2D eigenvalue weighted by atomic mass is 9.95. The van der Waals surface area contributed by atoms with Gasteiger partial charge < -0.3 is 10.4 Å². The van der Waals surface area contributed by atoms with E-state index in [-0.39, 0.29) is 11.9 Å². The molecule has 19 heavy (non-hydrogen) atoms. The first-order valence-corrected chi connectivity index (χ1v) is 6.97. The van der Waals surface area contributed by atoms with Gasteiger partial charge in [-0.3, -0.25) is 4.79 Å². The monoisotopic (exact) mass is 259 g/mol. The highest BCUT2D eigenvalue weighted by Crippen LogP contribution is 2.17. The summed E-state index contributed by atoms with van der Waals surface area (Å²) in [4.78, 5) is 11.8. The second kappa shape index (κ2) is 7.10. The highest BCUT2D eigenvalue weighted by molar-refractivity contribution is 5.83. The summed E-state index contributed by atoms with van der Waals surface area (Å²) in [5, 5.41) is 12.7. The Labute approximate surface area is 114 Å². The van der Waals surface area contributed by atoms with Crippen molar-refractivity contribution in [3.63, 3.8) is 0 Å². The third kappa shape index (κ3) is 4.52. The zero-order chi connectivity index (χ0) is 13.5. The fourth-order valence-electron chi connectivity index (χ4n) is 2.39. The third-order valence-electron chi connectivity index (χ3n) is 3.49. The van der Waals surface area contributed by atoms with Crippen LogP contribution in [0.3, 0.4) is 0 Å². The van der Waals surface area contributed by atoms with Crippen molar-refractivity contribution in [1.29, 1.82) is 0 Å². The molecule has 1 aliphatic carbocycles. The zero-order valence-corrected chi connectivity index (χ0v) is 11.1. The SMILES string of the molecule is O=C(NC1CCCCC1)C(O)/C=C/c1ccccc1. The van der Waals surface area contributed by atoms with E-state index < -0.39 is 6.10 Å². The molecule has 1 saturated carbocycles. The van der Waals surface area contributed by atoms with Gasteiger partial charge in [0.1, 0.15) is 0 Å². The molecule has 3 heteroatoms. The molecule has 2 rings (SSSR count). The van der Waals surface area contributed by atoms with Gasteiger partial charge in [0.05, 0.1) is 0 Å². The fraction of sp³-hybridized carbons (Fsp3) is 0.438. The fourth-order valence-corrected chi connectivity index (χ4v) is 2.39. The van der Waals surface area contributed by atoms with E-state index in [9.17, 15) is 9.90 Å². The van der Waals surface area contributed by atoms with Crippen molar-refractivity contribution in [2.45, 2.75) is 44.2 Å². The number of rotatable bonds is 4. The molecule has 0 spiro atoms. The molecule has 1 amide bonds. The number of hydrogen-bond acceptors (Lipinski definition) is 2. The van der Waals surface area contributed by atoms with Gasteiger partial charge in [-0.15, -0.1) is 0 Å². The van der Waals surface area contributed by atoms with Crippen LogP contribution in [0.5, 0.6) is 0 Å². The van der Waals surface area contributed by atoms with E-state index in [1.165, 1.54) is 25.3 Å². The number of aliphatic hydroxyl groups excluding tert-OH is 1. The number of nitrogens with one attached hydrogen (secondary N) is 1. The Morgan fingerprint density at radius 3 is 2.58 bits per heavy atom. The smallest absolute Gasteiger partial charge is 0.253 e. The van der Waals surface area contributed by atoms with Gasteiger partial charge in [-0.05, 0) is 24.5 Å². The Balaban J connectivity index is 1.83. The van der Waals surface area contributed by atoms with Crippen LogP contribution in [0.15, 0.2) is 36.4 Å². The molecule has 1 fully saturated rings. The van der Waals surface area contributed by atoms with Crippen LogP contribution >= 0.6 is 0 Å². The van der Waals surface area contributed by atoms with Gasteiger partial charge >= 0.3 is 0 Å². The molecule has 0 radical (unpaired) electrons. The van der Waals surface area contributed by atoms with Gasteiger partial charge in [-0.25, -0.2) is 0 Å². The van der Waals surface area contributed by atoms with Crippen LogP contribution in [0.1, 0.15) is 37.7 Å². The van der Waals surface area contributed by atoms with Gasteiger partial charge in [0.15, 0.2) is 6.10 Å². The molecule has 0 aromatic heterocycles.